The van der Waals surface area contributed by atoms with Crippen LogP contribution in [0.1, 0.15) is 49.0 Å². The molecular formula is C16H22N2O2. The van der Waals surface area contributed by atoms with Crippen LogP contribution in [-0.4, -0.2) is 17.7 Å². The number of nitrogens with one attached hydrogen (secondary N) is 1. The van der Waals surface area contributed by atoms with Gasteiger partial charge in [0.15, 0.2) is 5.78 Å². The van der Waals surface area contributed by atoms with Crippen molar-refractivity contribution in [3.8, 4) is 0 Å². The molecule has 2 rings (SSSR count). The Balaban J connectivity index is 2.09. The Morgan fingerprint density at radius 2 is 2.10 bits per heavy atom. The predicted molar refractivity (Wildman–Crippen MR) is 79.8 cm³/mol. The van der Waals surface area contributed by atoms with Gasteiger partial charge in [-0.3, -0.25) is 9.59 Å². The number of nitrogens with two attached hydrogens (primary N) is 1. The lowest BCUT2D eigenvalue weighted by Gasteiger charge is -2.17. The second-order valence-corrected chi connectivity index (χ2v) is 5.87. The number of benzene rings is 1. The number of amides is 1. The van der Waals surface area contributed by atoms with Crippen molar-refractivity contribution in [3.05, 3.63) is 29.3 Å². The monoisotopic (exact) mass is 274 g/mol. The van der Waals surface area contributed by atoms with Crippen LogP contribution in [0.4, 0.5) is 5.69 Å². The predicted octanol–water partition coefficient (Wildman–Crippen LogP) is 2.52. The van der Waals surface area contributed by atoms with Crippen molar-refractivity contribution >= 4 is 17.4 Å². The van der Waals surface area contributed by atoms with Gasteiger partial charge in [0.25, 0.3) is 0 Å². The van der Waals surface area contributed by atoms with Gasteiger partial charge in [0.05, 0.1) is 6.04 Å². The van der Waals surface area contributed by atoms with Gasteiger partial charge in [0.1, 0.15) is 0 Å². The normalized spacial score (nSPS) is 15.9. The molecule has 4 nitrogen and oxygen atoms in total. The van der Waals surface area contributed by atoms with Gasteiger partial charge in [-0.15, -0.1) is 0 Å². The van der Waals surface area contributed by atoms with E-state index < -0.39 is 6.04 Å². The Morgan fingerprint density at radius 3 is 2.80 bits per heavy atom. The zero-order valence-corrected chi connectivity index (χ0v) is 12.1. The molecule has 0 radical (unpaired) electrons. The molecule has 0 fully saturated rings. The van der Waals surface area contributed by atoms with Crippen molar-refractivity contribution in [1.29, 1.82) is 0 Å². The van der Waals surface area contributed by atoms with Gasteiger partial charge in [-0.2, -0.15) is 0 Å². The molecule has 0 aromatic heterocycles. The Hall–Kier alpha value is -1.68. The summed E-state index contributed by atoms with van der Waals surface area (Å²) in [5, 5.41) is 2.80. The third-order valence-corrected chi connectivity index (χ3v) is 3.59. The number of fused-ring (bicyclic) bond motifs is 1. The molecule has 0 aliphatic heterocycles. The second kappa shape index (κ2) is 6.18. The Morgan fingerprint density at radius 1 is 1.35 bits per heavy atom. The third kappa shape index (κ3) is 3.45. The van der Waals surface area contributed by atoms with E-state index >= 15 is 0 Å². The van der Waals surface area contributed by atoms with Crippen LogP contribution in [0.5, 0.6) is 0 Å². The van der Waals surface area contributed by atoms with Gasteiger partial charge in [0.2, 0.25) is 5.91 Å². The van der Waals surface area contributed by atoms with Gasteiger partial charge < -0.3 is 11.1 Å². The fourth-order valence-electron chi connectivity index (χ4n) is 2.56. The van der Waals surface area contributed by atoms with Gasteiger partial charge in [-0.1, -0.05) is 19.9 Å². The van der Waals surface area contributed by atoms with E-state index in [1.807, 2.05) is 26.0 Å². The molecule has 0 bridgehead atoms. The van der Waals surface area contributed by atoms with E-state index in [2.05, 4.69) is 5.32 Å². The number of hydrogen-bond donors (Lipinski definition) is 2. The van der Waals surface area contributed by atoms with E-state index in [9.17, 15) is 9.59 Å². The molecule has 1 aromatic carbocycles. The van der Waals surface area contributed by atoms with E-state index in [0.717, 1.165) is 24.0 Å². The van der Waals surface area contributed by atoms with E-state index in [1.54, 1.807) is 6.07 Å². The zero-order chi connectivity index (χ0) is 14.7. The third-order valence-electron chi connectivity index (χ3n) is 3.59. The number of anilines is 1. The minimum atomic E-state index is -0.512. The summed E-state index contributed by atoms with van der Waals surface area (Å²) < 4.78 is 0. The van der Waals surface area contributed by atoms with Crippen LogP contribution in [0.15, 0.2) is 18.2 Å². The highest BCUT2D eigenvalue weighted by atomic mass is 16.2. The molecule has 3 N–H and O–H groups in total. The van der Waals surface area contributed by atoms with Gasteiger partial charge in [-0.05, 0) is 42.9 Å². The Labute approximate surface area is 119 Å². The topological polar surface area (TPSA) is 72.2 Å². The van der Waals surface area contributed by atoms with E-state index in [4.69, 9.17) is 5.73 Å². The number of ketones is 1. The lowest BCUT2D eigenvalue weighted by molar-refractivity contribution is -0.117. The summed E-state index contributed by atoms with van der Waals surface area (Å²) in [7, 11) is 0. The highest BCUT2D eigenvalue weighted by Crippen LogP contribution is 2.24. The molecule has 1 aromatic rings. The minimum absolute atomic E-state index is 0.161. The summed E-state index contributed by atoms with van der Waals surface area (Å²) in [6.45, 7) is 4.06. The molecule has 1 amide bonds. The highest BCUT2D eigenvalue weighted by Gasteiger charge is 2.19. The number of carbonyl (C=O) groups excluding carboxylic acids is 2. The molecule has 0 saturated heterocycles. The Bertz CT molecular complexity index is 523. The Kier molecular flexibility index (Phi) is 4.55. The molecule has 108 valence electrons. The molecule has 4 heteroatoms. The summed E-state index contributed by atoms with van der Waals surface area (Å²) in [5.74, 6) is 0.344. The van der Waals surface area contributed by atoms with Crippen LogP contribution in [0.3, 0.4) is 0 Å². The molecule has 1 aliphatic rings. The van der Waals surface area contributed by atoms with Crippen molar-refractivity contribution in [1.82, 2.24) is 0 Å². The number of Topliss-reactive ketones (excluding diaryl/α,β-unsaturated/α-hetero) is 1. The molecule has 0 heterocycles. The maximum absolute atomic E-state index is 12.0. The minimum Gasteiger partial charge on any atom is -0.325 e. The quantitative estimate of drug-likeness (QED) is 0.886. The fraction of sp³-hybridized carbons (Fsp3) is 0.500. The van der Waals surface area contributed by atoms with Crippen LogP contribution in [0, 0.1) is 5.92 Å². The number of aryl methyl sites for hydroxylation is 1. The maximum Gasteiger partial charge on any atom is 0.241 e. The summed E-state index contributed by atoms with van der Waals surface area (Å²) in [6, 6.07) is 5.03. The first-order valence-corrected chi connectivity index (χ1v) is 7.20. The molecule has 1 aliphatic carbocycles. The lowest BCUT2D eigenvalue weighted by Crippen LogP contribution is -2.36. The number of carbonyl (C=O) groups is 2. The smallest absolute Gasteiger partial charge is 0.241 e. The van der Waals surface area contributed by atoms with Crippen LogP contribution < -0.4 is 11.1 Å². The number of hydrogen-bond acceptors (Lipinski definition) is 3. The SMILES string of the molecule is CC(C)C[C@H](N)C(=O)Nc1ccc2c(c1)C(=O)CCC2. The first-order chi connectivity index (χ1) is 9.47. The molecule has 0 spiro atoms. The molecule has 1 atom stereocenters. The summed E-state index contributed by atoms with van der Waals surface area (Å²) in [4.78, 5) is 23.8. The fourth-order valence-corrected chi connectivity index (χ4v) is 2.56. The lowest BCUT2D eigenvalue weighted by atomic mass is 9.90. The van der Waals surface area contributed by atoms with Crippen LogP contribution >= 0.6 is 0 Å². The highest BCUT2D eigenvalue weighted by molar-refractivity contribution is 6.01. The van der Waals surface area contributed by atoms with Crippen LogP contribution in [0.25, 0.3) is 0 Å². The van der Waals surface area contributed by atoms with Crippen LogP contribution in [-0.2, 0) is 11.2 Å². The number of rotatable bonds is 4. The largest absolute Gasteiger partial charge is 0.325 e. The summed E-state index contributed by atoms with van der Waals surface area (Å²) in [6.07, 6.45) is 3.09. The van der Waals surface area contributed by atoms with E-state index in [1.165, 1.54) is 0 Å². The van der Waals surface area contributed by atoms with Crippen LogP contribution in [0.2, 0.25) is 0 Å². The van der Waals surface area contributed by atoms with Crippen molar-refractivity contribution in [2.45, 2.75) is 45.6 Å². The average Bonchev–Trinajstić information content (AvgIpc) is 2.39. The van der Waals surface area contributed by atoms with Gasteiger partial charge in [0, 0.05) is 17.7 Å². The molecule has 20 heavy (non-hydrogen) atoms. The van der Waals surface area contributed by atoms with Gasteiger partial charge >= 0.3 is 0 Å². The maximum atomic E-state index is 12.0. The zero-order valence-electron chi connectivity index (χ0n) is 12.1. The van der Waals surface area contributed by atoms with E-state index in [0.29, 0.717) is 24.4 Å². The first-order valence-electron chi connectivity index (χ1n) is 7.20. The summed E-state index contributed by atoms with van der Waals surface area (Å²) >= 11 is 0. The second-order valence-electron chi connectivity index (χ2n) is 5.87. The first kappa shape index (κ1) is 14.7. The molecule has 0 unspecified atom stereocenters. The molecule has 0 saturated carbocycles. The van der Waals surface area contributed by atoms with Crippen molar-refractivity contribution in [2.75, 3.05) is 5.32 Å². The van der Waals surface area contributed by atoms with Crippen molar-refractivity contribution in [3.63, 3.8) is 0 Å². The van der Waals surface area contributed by atoms with Crippen molar-refractivity contribution < 1.29 is 9.59 Å². The summed E-state index contributed by atoms with van der Waals surface area (Å²) in [5.41, 5.74) is 8.32. The van der Waals surface area contributed by atoms with Gasteiger partial charge in [-0.25, -0.2) is 0 Å². The van der Waals surface area contributed by atoms with E-state index in [-0.39, 0.29) is 11.7 Å². The van der Waals surface area contributed by atoms with Crippen molar-refractivity contribution in [2.24, 2.45) is 11.7 Å². The molecular weight excluding hydrogens is 252 g/mol. The standard InChI is InChI=1S/C16H22N2O2/c1-10(2)8-14(17)16(20)18-12-7-6-11-4-3-5-15(19)13(11)9-12/h6-7,9-10,14H,3-5,8,17H2,1-2H3,(H,18,20)/t14-/m0/s1. The average molecular weight is 274 g/mol.